The minimum atomic E-state index is -4.21. The molecule has 0 aliphatic carbocycles. The zero-order valence-electron chi connectivity index (χ0n) is 9.29. The van der Waals surface area contributed by atoms with Crippen LogP contribution in [-0.2, 0) is 0 Å². The molecule has 0 heterocycles. The summed E-state index contributed by atoms with van der Waals surface area (Å²) in [4.78, 5) is 1.47. The Morgan fingerprint density at radius 1 is 1.29 bits per heavy atom. The number of rotatable bonds is 4. The summed E-state index contributed by atoms with van der Waals surface area (Å²) in [6, 6.07) is 6.42. The Hall–Kier alpha value is -1.30. The molecule has 0 unspecified atom stereocenters. The van der Waals surface area contributed by atoms with Crippen molar-refractivity contribution in [2.24, 2.45) is 5.73 Å². The molecule has 0 radical (unpaired) electrons. The molecule has 2 nitrogen and oxygen atoms in total. The van der Waals surface area contributed by atoms with Gasteiger partial charge in [-0.2, -0.15) is 13.2 Å². The monoisotopic (exact) mass is 262 g/mol. The second kappa shape index (κ2) is 5.35. The fourth-order valence-corrected chi connectivity index (χ4v) is 1.57. The molecular weight excluding hydrogens is 249 g/mol. The Balaban J connectivity index is 2.86. The predicted molar refractivity (Wildman–Crippen MR) is 66.3 cm³/mol. The predicted octanol–water partition coefficient (Wildman–Crippen LogP) is 2.71. The van der Waals surface area contributed by atoms with Crippen molar-refractivity contribution < 1.29 is 13.2 Å². The number of nitrogens with two attached hydrogens (primary N) is 1. The molecule has 0 spiro atoms. The van der Waals surface area contributed by atoms with Crippen LogP contribution in [0, 0.1) is 0 Å². The maximum Gasteiger partial charge on any atom is 0.405 e. The highest BCUT2D eigenvalue weighted by molar-refractivity contribution is 7.80. The quantitative estimate of drug-likeness (QED) is 0.846. The van der Waals surface area contributed by atoms with Crippen LogP contribution in [0.3, 0.4) is 0 Å². The van der Waals surface area contributed by atoms with Gasteiger partial charge in [0, 0.05) is 17.8 Å². The highest BCUT2D eigenvalue weighted by Crippen LogP contribution is 2.22. The number of hydrogen-bond donors (Lipinski definition) is 1. The fraction of sp³-hybridized carbons (Fsp3) is 0.364. The van der Waals surface area contributed by atoms with Crippen molar-refractivity contribution in [3.05, 3.63) is 29.8 Å². The molecule has 6 heteroatoms. The molecule has 0 amide bonds. The van der Waals surface area contributed by atoms with Crippen molar-refractivity contribution in [3.63, 3.8) is 0 Å². The summed E-state index contributed by atoms with van der Waals surface area (Å²) >= 11 is 4.77. The number of nitrogens with zero attached hydrogens (tertiary/aromatic N) is 1. The number of anilines is 1. The molecular formula is C11H13F3N2S. The van der Waals surface area contributed by atoms with Gasteiger partial charge < -0.3 is 10.6 Å². The molecule has 0 atom stereocenters. The summed E-state index contributed by atoms with van der Waals surface area (Å²) in [6.07, 6.45) is -4.21. The molecule has 0 bridgehead atoms. The van der Waals surface area contributed by atoms with Gasteiger partial charge in [-0.3, -0.25) is 0 Å². The van der Waals surface area contributed by atoms with Gasteiger partial charge in [0.15, 0.2) is 0 Å². The van der Waals surface area contributed by atoms with Crippen molar-refractivity contribution in [1.29, 1.82) is 0 Å². The highest BCUT2D eigenvalue weighted by atomic mass is 32.1. The van der Waals surface area contributed by atoms with Crippen LogP contribution in [0.4, 0.5) is 18.9 Å². The van der Waals surface area contributed by atoms with Gasteiger partial charge >= 0.3 is 6.18 Å². The van der Waals surface area contributed by atoms with Crippen LogP contribution in [-0.4, -0.2) is 24.3 Å². The van der Waals surface area contributed by atoms with Gasteiger partial charge in [-0.25, -0.2) is 0 Å². The first-order valence-electron chi connectivity index (χ1n) is 5.05. The smallest absolute Gasteiger partial charge is 0.389 e. The third-order valence-corrected chi connectivity index (χ3v) is 2.50. The molecule has 2 N–H and O–H groups in total. The zero-order chi connectivity index (χ0) is 13.1. The van der Waals surface area contributed by atoms with Crippen LogP contribution >= 0.6 is 12.2 Å². The van der Waals surface area contributed by atoms with Gasteiger partial charge in [0.2, 0.25) is 0 Å². The largest absolute Gasteiger partial charge is 0.405 e. The second-order valence-corrected chi connectivity index (χ2v) is 3.98. The van der Waals surface area contributed by atoms with Crippen molar-refractivity contribution in [1.82, 2.24) is 0 Å². The van der Waals surface area contributed by atoms with Crippen molar-refractivity contribution in [2.75, 3.05) is 18.0 Å². The Bertz CT molecular complexity index is 387. The number of benzene rings is 1. The standard InChI is InChI=1S/C11H13F3N2S/c1-2-16(7-11(12,13)14)9-5-3-8(4-6-9)10(15)17/h3-6H,2,7H2,1H3,(H2,15,17). The number of alkyl halides is 3. The van der Waals surface area contributed by atoms with Crippen molar-refractivity contribution in [2.45, 2.75) is 13.1 Å². The van der Waals surface area contributed by atoms with E-state index in [2.05, 4.69) is 0 Å². The van der Waals surface area contributed by atoms with Gasteiger partial charge in [0.1, 0.15) is 11.5 Å². The number of halogens is 3. The lowest BCUT2D eigenvalue weighted by molar-refractivity contribution is -0.119. The summed E-state index contributed by atoms with van der Waals surface area (Å²) in [5.41, 5.74) is 6.56. The van der Waals surface area contributed by atoms with Crippen molar-refractivity contribution >= 4 is 22.9 Å². The summed E-state index contributed by atoms with van der Waals surface area (Å²) < 4.78 is 36.9. The summed E-state index contributed by atoms with van der Waals surface area (Å²) in [5.74, 6) is 0. The molecule has 0 aliphatic rings. The maximum absolute atomic E-state index is 12.3. The van der Waals surface area contributed by atoms with Crippen LogP contribution in [0.2, 0.25) is 0 Å². The van der Waals surface area contributed by atoms with E-state index >= 15 is 0 Å². The molecule has 0 aromatic heterocycles. The average molecular weight is 262 g/mol. The van der Waals surface area contributed by atoms with Crippen LogP contribution in [0.25, 0.3) is 0 Å². The van der Waals surface area contributed by atoms with Crippen LogP contribution in [0.15, 0.2) is 24.3 Å². The van der Waals surface area contributed by atoms with E-state index in [1.165, 1.54) is 4.90 Å². The number of thiocarbonyl (C=S) groups is 1. The van der Waals surface area contributed by atoms with Crippen molar-refractivity contribution in [3.8, 4) is 0 Å². The van der Waals surface area contributed by atoms with E-state index in [4.69, 9.17) is 18.0 Å². The second-order valence-electron chi connectivity index (χ2n) is 3.54. The van der Waals surface area contributed by atoms with E-state index < -0.39 is 12.7 Å². The molecule has 1 rings (SSSR count). The minimum Gasteiger partial charge on any atom is -0.389 e. The van der Waals surface area contributed by atoms with Gasteiger partial charge in [0.25, 0.3) is 0 Å². The van der Waals surface area contributed by atoms with E-state index in [0.717, 1.165) is 0 Å². The van der Waals surface area contributed by atoms with Gasteiger partial charge in [-0.1, -0.05) is 12.2 Å². The normalized spacial score (nSPS) is 11.3. The Kier molecular flexibility index (Phi) is 4.34. The minimum absolute atomic E-state index is 0.232. The van der Waals surface area contributed by atoms with Gasteiger partial charge in [-0.15, -0.1) is 0 Å². The third-order valence-electron chi connectivity index (χ3n) is 2.27. The Labute approximate surface area is 103 Å². The van der Waals surface area contributed by atoms with E-state index in [0.29, 0.717) is 11.3 Å². The van der Waals surface area contributed by atoms with E-state index in [-0.39, 0.29) is 11.5 Å². The lowest BCUT2D eigenvalue weighted by atomic mass is 10.2. The molecule has 0 fully saturated rings. The Morgan fingerprint density at radius 3 is 2.18 bits per heavy atom. The topological polar surface area (TPSA) is 29.3 Å². The lowest BCUT2D eigenvalue weighted by Crippen LogP contribution is -2.34. The average Bonchev–Trinajstić information content (AvgIpc) is 2.25. The first-order valence-corrected chi connectivity index (χ1v) is 5.46. The molecule has 0 aliphatic heterocycles. The molecule has 0 saturated carbocycles. The van der Waals surface area contributed by atoms with Crippen LogP contribution in [0.1, 0.15) is 12.5 Å². The van der Waals surface area contributed by atoms with Gasteiger partial charge in [0.05, 0.1) is 0 Å². The van der Waals surface area contributed by atoms with Crippen LogP contribution < -0.4 is 10.6 Å². The molecule has 0 saturated heterocycles. The lowest BCUT2D eigenvalue weighted by Gasteiger charge is -2.24. The van der Waals surface area contributed by atoms with E-state index in [9.17, 15) is 13.2 Å². The third kappa shape index (κ3) is 4.22. The molecule has 17 heavy (non-hydrogen) atoms. The summed E-state index contributed by atoms with van der Waals surface area (Å²) in [6.45, 7) is 0.995. The van der Waals surface area contributed by atoms with Crippen LogP contribution in [0.5, 0.6) is 0 Å². The molecule has 1 aromatic carbocycles. The van der Waals surface area contributed by atoms with Gasteiger partial charge in [-0.05, 0) is 31.2 Å². The molecule has 1 aromatic rings. The first-order chi connectivity index (χ1) is 7.83. The summed E-state index contributed by atoms with van der Waals surface area (Å²) in [5, 5.41) is 0. The summed E-state index contributed by atoms with van der Waals surface area (Å²) in [7, 11) is 0. The molecule has 94 valence electrons. The zero-order valence-corrected chi connectivity index (χ0v) is 10.1. The number of hydrogen-bond acceptors (Lipinski definition) is 2. The SMILES string of the molecule is CCN(CC(F)(F)F)c1ccc(C(N)=S)cc1. The highest BCUT2D eigenvalue weighted by Gasteiger charge is 2.30. The fourth-order valence-electron chi connectivity index (χ4n) is 1.44. The maximum atomic E-state index is 12.3. The first kappa shape index (κ1) is 13.8. The van der Waals surface area contributed by atoms with E-state index in [1.54, 1.807) is 31.2 Å². The Morgan fingerprint density at radius 2 is 1.82 bits per heavy atom. The van der Waals surface area contributed by atoms with E-state index in [1.807, 2.05) is 0 Å².